The molecule has 0 radical (unpaired) electrons. The van der Waals surface area contributed by atoms with Crippen molar-refractivity contribution in [3.8, 4) is 16.3 Å². The van der Waals surface area contributed by atoms with Crippen molar-refractivity contribution in [2.45, 2.75) is 46.2 Å². The number of aromatic nitrogens is 1. The highest BCUT2D eigenvalue weighted by atomic mass is 32.1. The lowest BCUT2D eigenvalue weighted by Crippen LogP contribution is -2.35. The number of phenolic OH excluding ortho intramolecular Hbond substituents is 1. The second-order valence-electron chi connectivity index (χ2n) is 5.90. The molecule has 2 rings (SSSR count). The van der Waals surface area contributed by atoms with E-state index in [9.17, 15) is 5.11 Å². The number of thiazole rings is 1. The number of benzene rings is 1. The lowest BCUT2D eigenvalue weighted by molar-refractivity contribution is 0.425. The zero-order valence-corrected chi connectivity index (χ0v) is 13.3. The van der Waals surface area contributed by atoms with Crippen molar-refractivity contribution in [1.82, 2.24) is 10.3 Å². The first-order valence-corrected chi connectivity index (χ1v) is 7.73. The Morgan fingerprint density at radius 2 is 2.05 bits per heavy atom. The fraction of sp³-hybridized carbons (Fsp3) is 0.438. The molecule has 0 unspecified atom stereocenters. The molecule has 3 nitrogen and oxygen atoms in total. The van der Waals surface area contributed by atoms with Crippen LogP contribution >= 0.6 is 11.3 Å². The van der Waals surface area contributed by atoms with Crippen LogP contribution in [0.4, 0.5) is 0 Å². The average molecular weight is 290 g/mol. The average Bonchev–Trinajstić information content (AvgIpc) is 2.79. The van der Waals surface area contributed by atoms with Crippen molar-refractivity contribution in [2.24, 2.45) is 0 Å². The highest BCUT2D eigenvalue weighted by Crippen LogP contribution is 2.30. The van der Waals surface area contributed by atoms with E-state index in [0.29, 0.717) is 0 Å². The number of phenols is 1. The minimum Gasteiger partial charge on any atom is -0.508 e. The van der Waals surface area contributed by atoms with E-state index < -0.39 is 0 Å². The SMILES string of the molecule is CCc1nc(-c2cccc(O)c2)sc1CNC(C)(C)C. The quantitative estimate of drug-likeness (QED) is 0.895. The Hall–Kier alpha value is -1.39. The van der Waals surface area contributed by atoms with E-state index in [1.165, 1.54) is 4.88 Å². The van der Waals surface area contributed by atoms with Crippen LogP contribution in [0, 0.1) is 0 Å². The summed E-state index contributed by atoms with van der Waals surface area (Å²) in [6, 6.07) is 7.28. The first kappa shape index (κ1) is 15.0. The predicted octanol–water partition coefficient (Wildman–Crippen LogP) is 3.97. The molecule has 0 saturated heterocycles. The van der Waals surface area contributed by atoms with E-state index in [4.69, 9.17) is 4.98 Å². The van der Waals surface area contributed by atoms with Gasteiger partial charge in [-0.25, -0.2) is 4.98 Å². The van der Waals surface area contributed by atoms with Gasteiger partial charge in [-0.05, 0) is 39.3 Å². The van der Waals surface area contributed by atoms with Gasteiger partial charge in [0.25, 0.3) is 0 Å². The van der Waals surface area contributed by atoms with Crippen LogP contribution in [0.1, 0.15) is 38.3 Å². The third kappa shape index (κ3) is 3.81. The smallest absolute Gasteiger partial charge is 0.124 e. The van der Waals surface area contributed by atoms with Crippen molar-refractivity contribution >= 4 is 11.3 Å². The zero-order chi connectivity index (χ0) is 14.8. The molecule has 108 valence electrons. The molecule has 4 heteroatoms. The third-order valence-corrected chi connectivity index (χ3v) is 4.13. The fourth-order valence-corrected chi connectivity index (χ4v) is 2.99. The lowest BCUT2D eigenvalue weighted by Gasteiger charge is -2.20. The maximum absolute atomic E-state index is 9.58. The molecular weight excluding hydrogens is 268 g/mol. The van der Waals surface area contributed by atoms with Gasteiger partial charge < -0.3 is 10.4 Å². The number of aryl methyl sites for hydroxylation is 1. The summed E-state index contributed by atoms with van der Waals surface area (Å²) in [6.45, 7) is 9.45. The van der Waals surface area contributed by atoms with Gasteiger partial charge in [-0.1, -0.05) is 19.1 Å². The first-order valence-electron chi connectivity index (χ1n) is 6.92. The van der Waals surface area contributed by atoms with Gasteiger partial charge in [0.2, 0.25) is 0 Å². The Labute approximate surface area is 124 Å². The molecule has 0 spiro atoms. The standard InChI is InChI=1S/C16H22N2OS/c1-5-13-14(10-17-16(2,3)4)20-15(18-13)11-7-6-8-12(19)9-11/h6-9,17,19H,5,10H2,1-4H3. The second kappa shape index (κ2) is 5.94. The normalized spacial score (nSPS) is 11.8. The largest absolute Gasteiger partial charge is 0.508 e. The van der Waals surface area contributed by atoms with Crippen LogP contribution < -0.4 is 5.32 Å². The van der Waals surface area contributed by atoms with Gasteiger partial charge in [0.05, 0.1) is 5.69 Å². The van der Waals surface area contributed by atoms with Gasteiger partial charge in [-0.2, -0.15) is 0 Å². The summed E-state index contributed by atoms with van der Waals surface area (Å²) in [5, 5.41) is 14.1. The van der Waals surface area contributed by atoms with Crippen LogP contribution in [0.5, 0.6) is 5.75 Å². The van der Waals surface area contributed by atoms with Gasteiger partial charge >= 0.3 is 0 Å². The van der Waals surface area contributed by atoms with Crippen LogP contribution in [0.15, 0.2) is 24.3 Å². The van der Waals surface area contributed by atoms with E-state index in [2.05, 4.69) is 33.0 Å². The minimum absolute atomic E-state index is 0.0974. The summed E-state index contributed by atoms with van der Waals surface area (Å²) in [4.78, 5) is 5.99. The summed E-state index contributed by atoms with van der Waals surface area (Å²) in [7, 11) is 0. The Morgan fingerprint density at radius 3 is 2.65 bits per heavy atom. The minimum atomic E-state index is 0.0974. The molecule has 2 aromatic rings. The van der Waals surface area contributed by atoms with Crippen molar-refractivity contribution in [2.75, 3.05) is 0 Å². The van der Waals surface area contributed by atoms with Crippen LogP contribution in [-0.2, 0) is 13.0 Å². The van der Waals surface area contributed by atoms with E-state index in [0.717, 1.165) is 29.2 Å². The van der Waals surface area contributed by atoms with Gasteiger partial charge in [-0.15, -0.1) is 11.3 Å². The first-order chi connectivity index (χ1) is 9.39. The lowest BCUT2D eigenvalue weighted by atomic mass is 10.1. The summed E-state index contributed by atoms with van der Waals surface area (Å²) >= 11 is 1.70. The molecule has 0 amide bonds. The van der Waals surface area contributed by atoms with Crippen LogP contribution in [0.3, 0.4) is 0 Å². The van der Waals surface area contributed by atoms with Crippen LogP contribution in [-0.4, -0.2) is 15.6 Å². The molecule has 20 heavy (non-hydrogen) atoms. The van der Waals surface area contributed by atoms with E-state index >= 15 is 0 Å². The Balaban J connectivity index is 2.26. The molecule has 1 aromatic carbocycles. The zero-order valence-electron chi connectivity index (χ0n) is 12.5. The molecule has 0 aliphatic rings. The number of nitrogens with zero attached hydrogens (tertiary/aromatic N) is 1. The molecule has 0 aliphatic heterocycles. The number of aromatic hydroxyl groups is 1. The molecule has 2 N–H and O–H groups in total. The summed E-state index contributed by atoms with van der Waals surface area (Å²) in [6.07, 6.45) is 0.927. The number of rotatable bonds is 4. The number of hydrogen-bond acceptors (Lipinski definition) is 4. The molecule has 0 atom stereocenters. The molecule has 0 fully saturated rings. The predicted molar refractivity (Wildman–Crippen MR) is 85.2 cm³/mol. The van der Waals surface area contributed by atoms with Crippen molar-refractivity contribution in [3.05, 3.63) is 34.8 Å². The Morgan fingerprint density at radius 1 is 1.30 bits per heavy atom. The van der Waals surface area contributed by atoms with Crippen molar-refractivity contribution in [3.63, 3.8) is 0 Å². The molecule has 0 bridgehead atoms. The molecular formula is C16H22N2OS. The van der Waals surface area contributed by atoms with Gasteiger partial charge in [0.15, 0.2) is 0 Å². The third-order valence-electron chi connectivity index (χ3n) is 2.99. The van der Waals surface area contributed by atoms with Gasteiger partial charge in [-0.3, -0.25) is 0 Å². The fourth-order valence-electron chi connectivity index (χ4n) is 1.91. The summed E-state index contributed by atoms with van der Waals surface area (Å²) < 4.78 is 0. The van der Waals surface area contributed by atoms with Crippen LogP contribution in [0.2, 0.25) is 0 Å². The van der Waals surface area contributed by atoms with E-state index in [-0.39, 0.29) is 11.3 Å². The molecule has 0 aliphatic carbocycles. The Bertz CT molecular complexity index is 584. The Kier molecular flexibility index (Phi) is 4.45. The van der Waals surface area contributed by atoms with Crippen LogP contribution in [0.25, 0.3) is 10.6 Å². The molecule has 0 saturated carbocycles. The second-order valence-corrected chi connectivity index (χ2v) is 6.98. The van der Waals surface area contributed by atoms with Crippen molar-refractivity contribution in [1.29, 1.82) is 0 Å². The van der Waals surface area contributed by atoms with E-state index in [1.807, 2.05) is 12.1 Å². The maximum Gasteiger partial charge on any atom is 0.124 e. The number of hydrogen-bond donors (Lipinski definition) is 2. The summed E-state index contributed by atoms with van der Waals surface area (Å²) in [5.74, 6) is 0.283. The van der Waals surface area contributed by atoms with Gasteiger partial charge in [0.1, 0.15) is 10.8 Å². The molecule has 1 heterocycles. The topological polar surface area (TPSA) is 45.2 Å². The maximum atomic E-state index is 9.58. The van der Waals surface area contributed by atoms with E-state index in [1.54, 1.807) is 23.5 Å². The highest BCUT2D eigenvalue weighted by molar-refractivity contribution is 7.15. The highest BCUT2D eigenvalue weighted by Gasteiger charge is 2.14. The number of nitrogens with one attached hydrogen (secondary N) is 1. The van der Waals surface area contributed by atoms with Crippen molar-refractivity contribution < 1.29 is 5.11 Å². The molecule has 1 aromatic heterocycles. The summed E-state index contributed by atoms with van der Waals surface area (Å²) in [5.41, 5.74) is 2.22. The monoisotopic (exact) mass is 290 g/mol. The van der Waals surface area contributed by atoms with Gasteiger partial charge in [0, 0.05) is 22.5 Å².